The van der Waals surface area contributed by atoms with Gasteiger partial charge in [-0.3, -0.25) is 0 Å². The Hall–Kier alpha value is -0.360. The molecule has 2 heterocycles. The zero-order chi connectivity index (χ0) is 12.9. The minimum atomic E-state index is 0.745. The van der Waals surface area contributed by atoms with Gasteiger partial charge in [0.05, 0.1) is 19.7 Å². The highest BCUT2D eigenvalue weighted by Crippen LogP contribution is 2.38. The smallest absolute Gasteiger partial charge is 0.148 e. The van der Waals surface area contributed by atoms with Crippen molar-refractivity contribution in [2.75, 3.05) is 0 Å². The lowest BCUT2D eigenvalue weighted by molar-refractivity contribution is 1.35. The van der Waals surface area contributed by atoms with E-state index in [2.05, 4.69) is 41.8 Å². The molecule has 0 aliphatic rings. The second-order valence-electron chi connectivity index (χ2n) is 3.89. The second kappa shape index (κ2) is 4.63. The normalized spacial score (nSPS) is 11.3. The van der Waals surface area contributed by atoms with Gasteiger partial charge in [-0.05, 0) is 62.5 Å². The number of H-pyrrole nitrogens is 1. The third kappa shape index (κ3) is 2.03. The number of nitrogens with one attached hydrogen (secondary N) is 1. The highest BCUT2D eigenvalue weighted by atomic mass is 79.9. The van der Waals surface area contributed by atoms with Crippen LogP contribution in [0.3, 0.4) is 0 Å². The molecule has 0 aliphatic heterocycles. The van der Waals surface area contributed by atoms with Gasteiger partial charge < -0.3 is 4.98 Å². The maximum atomic E-state index is 6.11. The van der Waals surface area contributed by atoms with Crippen LogP contribution in [0.1, 0.15) is 5.56 Å². The fourth-order valence-electron chi connectivity index (χ4n) is 1.77. The first-order valence-electron chi connectivity index (χ1n) is 5.16. The zero-order valence-electron chi connectivity index (χ0n) is 9.22. The molecule has 2 nitrogen and oxygen atoms in total. The van der Waals surface area contributed by atoms with Crippen LogP contribution in [-0.4, -0.2) is 9.97 Å². The van der Waals surface area contributed by atoms with E-state index < -0.39 is 0 Å². The van der Waals surface area contributed by atoms with Gasteiger partial charge in [-0.25, -0.2) is 4.98 Å². The van der Waals surface area contributed by atoms with Crippen LogP contribution in [0.4, 0.5) is 0 Å². The fourth-order valence-corrected chi connectivity index (χ4v) is 3.90. The number of aromatic nitrogens is 2. The topological polar surface area (TPSA) is 28.7 Å². The molecule has 0 spiro atoms. The van der Waals surface area contributed by atoms with Gasteiger partial charge in [0.1, 0.15) is 5.82 Å². The predicted octanol–water partition coefficient (Wildman–Crippen LogP) is 5.78. The zero-order valence-corrected chi connectivity index (χ0v) is 14.0. The summed E-state index contributed by atoms with van der Waals surface area (Å²) in [5.74, 6) is 0.867. The highest BCUT2D eigenvalue weighted by molar-refractivity contribution is 9.13. The molecule has 0 amide bonds. The van der Waals surface area contributed by atoms with Gasteiger partial charge in [0.25, 0.3) is 0 Å². The van der Waals surface area contributed by atoms with E-state index in [1.807, 2.05) is 25.1 Å². The second-order valence-corrected chi connectivity index (χ2v) is 7.52. The van der Waals surface area contributed by atoms with Gasteiger partial charge in [0, 0.05) is 9.50 Å². The van der Waals surface area contributed by atoms with Gasteiger partial charge in [0.15, 0.2) is 0 Å². The van der Waals surface area contributed by atoms with E-state index in [1.54, 1.807) is 11.3 Å². The van der Waals surface area contributed by atoms with Crippen LogP contribution in [0.15, 0.2) is 26.5 Å². The van der Waals surface area contributed by atoms with Gasteiger partial charge in [0.2, 0.25) is 0 Å². The Kier molecular flexibility index (Phi) is 3.26. The molecule has 18 heavy (non-hydrogen) atoms. The van der Waals surface area contributed by atoms with Crippen molar-refractivity contribution in [3.8, 4) is 10.7 Å². The Morgan fingerprint density at radius 2 is 2.11 bits per heavy atom. The fraction of sp³-hybridized carbons (Fsp3) is 0.0833. The quantitative estimate of drug-likeness (QED) is 0.545. The first-order valence-corrected chi connectivity index (χ1v) is 7.94. The molecule has 0 unspecified atom stereocenters. The molecule has 0 radical (unpaired) electrons. The first-order chi connectivity index (χ1) is 8.56. The molecule has 0 atom stereocenters. The number of aromatic amines is 1. The van der Waals surface area contributed by atoms with Crippen LogP contribution in [-0.2, 0) is 0 Å². The van der Waals surface area contributed by atoms with Gasteiger partial charge in [-0.2, -0.15) is 0 Å². The summed E-state index contributed by atoms with van der Waals surface area (Å²) in [6.45, 7) is 1.98. The van der Waals surface area contributed by atoms with E-state index in [0.717, 1.165) is 40.6 Å². The maximum absolute atomic E-state index is 6.11. The monoisotopic (exact) mass is 404 g/mol. The molecule has 0 aliphatic carbocycles. The summed E-state index contributed by atoms with van der Waals surface area (Å²) in [5, 5.41) is 0.745. The van der Waals surface area contributed by atoms with Crippen molar-refractivity contribution in [1.82, 2.24) is 9.97 Å². The Morgan fingerprint density at radius 1 is 1.33 bits per heavy atom. The Bertz CT molecular complexity index is 728. The van der Waals surface area contributed by atoms with E-state index in [9.17, 15) is 0 Å². The summed E-state index contributed by atoms with van der Waals surface area (Å²) in [6.07, 6.45) is 0. The average molecular weight is 407 g/mol. The van der Waals surface area contributed by atoms with Gasteiger partial charge in [-0.15, -0.1) is 11.3 Å². The third-order valence-corrected chi connectivity index (χ3v) is 6.39. The van der Waals surface area contributed by atoms with Crippen molar-refractivity contribution in [2.24, 2.45) is 0 Å². The number of halogens is 3. The Morgan fingerprint density at radius 3 is 2.78 bits per heavy atom. The summed E-state index contributed by atoms with van der Waals surface area (Å²) >= 11 is 14.7. The summed E-state index contributed by atoms with van der Waals surface area (Å²) in [5.41, 5.74) is 2.94. The molecule has 3 rings (SSSR count). The standard InChI is InChI=1S/C12H7Br2ClN2S/c1-5-7(15)2-3-8-10(5)17-12(16-8)9-4-6(13)11(14)18-9/h2-4H,1H3,(H,16,17). The van der Waals surface area contributed by atoms with E-state index in [1.165, 1.54) is 0 Å². The number of nitrogens with zero attached hydrogens (tertiary/aromatic N) is 1. The van der Waals surface area contributed by atoms with E-state index in [4.69, 9.17) is 11.6 Å². The van der Waals surface area contributed by atoms with E-state index >= 15 is 0 Å². The number of imidazole rings is 1. The number of thiophene rings is 1. The lowest BCUT2D eigenvalue weighted by Gasteiger charge is -1.96. The molecule has 0 saturated heterocycles. The number of benzene rings is 1. The third-order valence-electron chi connectivity index (χ3n) is 2.72. The van der Waals surface area contributed by atoms with Crippen LogP contribution in [0.25, 0.3) is 21.7 Å². The van der Waals surface area contributed by atoms with Gasteiger partial charge in [-0.1, -0.05) is 11.6 Å². The summed E-state index contributed by atoms with van der Waals surface area (Å²) in [7, 11) is 0. The predicted molar refractivity (Wildman–Crippen MR) is 84.6 cm³/mol. The van der Waals surface area contributed by atoms with Crippen molar-refractivity contribution < 1.29 is 0 Å². The molecule has 1 N–H and O–H groups in total. The maximum Gasteiger partial charge on any atom is 0.148 e. The summed E-state index contributed by atoms with van der Waals surface area (Å²) in [4.78, 5) is 9.03. The molecular formula is C12H7Br2ClN2S. The number of hydrogen-bond donors (Lipinski definition) is 1. The highest BCUT2D eigenvalue weighted by Gasteiger charge is 2.12. The lowest BCUT2D eigenvalue weighted by atomic mass is 10.2. The summed E-state index contributed by atoms with van der Waals surface area (Å²) < 4.78 is 2.10. The minimum absolute atomic E-state index is 0.745. The van der Waals surface area contributed by atoms with Crippen molar-refractivity contribution in [2.45, 2.75) is 6.92 Å². The molecule has 2 aromatic heterocycles. The van der Waals surface area contributed by atoms with Crippen LogP contribution in [0, 0.1) is 6.92 Å². The first kappa shape index (κ1) is 12.7. The van der Waals surface area contributed by atoms with Crippen LogP contribution in [0.2, 0.25) is 5.02 Å². The van der Waals surface area contributed by atoms with E-state index in [0.29, 0.717) is 0 Å². The van der Waals surface area contributed by atoms with Crippen LogP contribution < -0.4 is 0 Å². The molecule has 0 saturated carbocycles. The SMILES string of the molecule is Cc1c(Cl)ccc2[nH]c(-c3cc(Br)c(Br)s3)nc12. The number of rotatable bonds is 1. The van der Waals surface area contributed by atoms with Crippen molar-refractivity contribution in [3.63, 3.8) is 0 Å². The Labute approximate surface area is 130 Å². The molecule has 92 valence electrons. The van der Waals surface area contributed by atoms with Crippen LogP contribution >= 0.6 is 54.8 Å². The molecular weight excluding hydrogens is 399 g/mol. The molecule has 0 bridgehead atoms. The number of fused-ring (bicyclic) bond motifs is 1. The molecule has 3 aromatic rings. The largest absolute Gasteiger partial charge is 0.337 e. The molecule has 6 heteroatoms. The number of hydrogen-bond acceptors (Lipinski definition) is 2. The van der Waals surface area contributed by atoms with Gasteiger partial charge >= 0.3 is 0 Å². The average Bonchev–Trinajstić information content (AvgIpc) is 2.89. The number of aryl methyl sites for hydroxylation is 1. The molecule has 1 aromatic carbocycles. The minimum Gasteiger partial charge on any atom is -0.337 e. The lowest BCUT2D eigenvalue weighted by Crippen LogP contribution is -1.78. The van der Waals surface area contributed by atoms with Crippen LogP contribution in [0.5, 0.6) is 0 Å². The Balaban J connectivity index is 2.22. The molecule has 0 fully saturated rings. The van der Waals surface area contributed by atoms with Crippen molar-refractivity contribution in [3.05, 3.63) is 37.0 Å². The van der Waals surface area contributed by atoms with Crippen molar-refractivity contribution >= 4 is 65.8 Å². The summed E-state index contributed by atoms with van der Waals surface area (Å²) in [6, 6.07) is 5.89. The van der Waals surface area contributed by atoms with E-state index in [-0.39, 0.29) is 0 Å². The van der Waals surface area contributed by atoms with Crippen molar-refractivity contribution in [1.29, 1.82) is 0 Å².